The molecule has 1 aliphatic heterocycles. The van der Waals surface area contributed by atoms with Crippen LogP contribution in [0.5, 0.6) is 0 Å². The van der Waals surface area contributed by atoms with E-state index >= 15 is 0 Å². The minimum absolute atomic E-state index is 0.00433. The van der Waals surface area contributed by atoms with Crippen molar-refractivity contribution in [2.75, 3.05) is 13.2 Å². The van der Waals surface area contributed by atoms with Crippen LogP contribution in [-0.4, -0.2) is 50.2 Å². The molecule has 11 heteroatoms. The minimum Gasteiger partial charge on any atom is -0.480 e. The highest BCUT2D eigenvalue weighted by atomic mass is 35.5. The van der Waals surface area contributed by atoms with E-state index in [0.29, 0.717) is 28.5 Å². The number of rotatable bonds is 9. The predicted molar refractivity (Wildman–Crippen MR) is 140 cm³/mol. The van der Waals surface area contributed by atoms with Crippen molar-refractivity contribution >= 4 is 44.8 Å². The van der Waals surface area contributed by atoms with E-state index in [4.69, 9.17) is 16.3 Å². The third-order valence-electron chi connectivity index (χ3n) is 7.02. The number of carbonyl (C=O) groups is 2. The molecule has 1 aliphatic carbocycles. The maximum atomic E-state index is 13.5. The van der Waals surface area contributed by atoms with Crippen molar-refractivity contribution in [2.24, 2.45) is 0 Å². The molecule has 1 saturated carbocycles. The summed E-state index contributed by atoms with van der Waals surface area (Å²) in [5.41, 5.74) is -1.58. The van der Waals surface area contributed by atoms with Gasteiger partial charge in [0.15, 0.2) is 0 Å². The number of ether oxygens (including phenoxy) is 1. The number of hydrogen-bond donors (Lipinski definition) is 3. The van der Waals surface area contributed by atoms with Gasteiger partial charge in [-0.05, 0) is 54.7 Å². The molecule has 0 radical (unpaired) electrons. The van der Waals surface area contributed by atoms with Crippen LogP contribution in [0.3, 0.4) is 0 Å². The highest BCUT2D eigenvalue weighted by Crippen LogP contribution is 2.58. The molecule has 2 aliphatic rings. The number of nitrogens with one attached hydrogen (secondary N) is 2. The van der Waals surface area contributed by atoms with Gasteiger partial charge in [-0.15, -0.1) is 11.3 Å². The SMILES string of the molecule is O=C(NC[C@@]1(c2ccccc2)CC1(NS(=O)(=O)c1ccc(-c2ccc(Cl)cc2)s1)C(=O)O)[C@@H]1CCCO1. The first-order valence-corrected chi connectivity index (χ1v) is 14.4. The van der Waals surface area contributed by atoms with Gasteiger partial charge in [-0.1, -0.05) is 54.1 Å². The van der Waals surface area contributed by atoms with E-state index in [9.17, 15) is 23.1 Å². The molecular weight excluding hydrogens is 536 g/mol. The lowest BCUT2D eigenvalue weighted by Gasteiger charge is -2.25. The van der Waals surface area contributed by atoms with Crippen molar-refractivity contribution in [2.45, 2.75) is 40.5 Å². The van der Waals surface area contributed by atoms with Gasteiger partial charge in [-0.2, -0.15) is 4.72 Å². The van der Waals surface area contributed by atoms with E-state index in [1.807, 2.05) is 0 Å². The number of carboxylic acid groups (broad SMARTS) is 1. The van der Waals surface area contributed by atoms with Crippen molar-refractivity contribution in [3.63, 3.8) is 0 Å². The minimum atomic E-state index is -4.20. The summed E-state index contributed by atoms with van der Waals surface area (Å²) in [4.78, 5) is 26.0. The number of sulfonamides is 1. The Balaban J connectivity index is 1.44. The fraction of sp³-hybridized carbons (Fsp3) is 0.308. The summed E-state index contributed by atoms with van der Waals surface area (Å²) < 4.78 is 34.9. The molecule has 2 aromatic carbocycles. The van der Waals surface area contributed by atoms with Crippen LogP contribution in [0.25, 0.3) is 10.4 Å². The smallest absolute Gasteiger partial charge is 0.325 e. The summed E-state index contributed by atoms with van der Waals surface area (Å²) in [5, 5.41) is 13.7. The second kappa shape index (κ2) is 9.85. The van der Waals surface area contributed by atoms with Crippen LogP contribution in [0, 0.1) is 0 Å². The molecule has 3 atom stereocenters. The van der Waals surface area contributed by atoms with Crippen LogP contribution < -0.4 is 10.0 Å². The summed E-state index contributed by atoms with van der Waals surface area (Å²) >= 11 is 6.99. The van der Waals surface area contributed by atoms with E-state index in [1.54, 1.807) is 60.7 Å². The monoisotopic (exact) mass is 560 g/mol. The largest absolute Gasteiger partial charge is 0.480 e. The Bertz CT molecular complexity index is 1420. The molecular formula is C26H25ClN2O6S2. The fourth-order valence-corrected chi connectivity index (χ4v) is 7.80. The second-order valence-electron chi connectivity index (χ2n) is 9.29. The maximum absolute atomic E-state index is 13.5. The highest BCUT2D eigenvalue weighted by molar-refractivity contribution is 7.91. The molecule has 1 amide bonds. The summed E-state index contributed by atoms with van der Waals surface area (Å²) in [5.74, 6) is -1.63. The Morgan fingerprint density at radius 3 is 2.46 bits per heavy atom. The Labute approximate surface area is 223 Å². The zero-order valence-corrected chi connectivity index (χ0v) is 22.0. The van der Waals surface area contributed by atoms with Crippen molar-refractivity contribution in [3.8, 4) is 10.4 Å². The first kappa shape index (κ1) is 25.9. The van der Waals surface area contributed by atoms with Crippen molar-refractivity contribution < 1.29 is 27.9 Å². The zero-order chi connectivity index (χ0) is 26.3. The molecule has 0 spiro atoms. The van der Waals surface area contributed by atoms with Crippen LogP contribution in [0.1, 0.15) is 24.8 Å². The predicted octanol–water partition coefficient (Wildman–Crippen LogP) is 3.81. The third kappa shape index (κ3) is 4.80. The molecule has 3 N–H and O–H groups in total. The molecule has 3 aromatic rings. The van der Waals surface area contributed by atoms with Crippen molar-refractivity contribution in [3.05, 3.63) is 77.3 Å². The van der Waals surface area contributed by atoms with E-state index in [-0.39, 0.29) is 23.1 Å². The number of amides is 1. The summed E-state index contributed by atoms with van der Waals surface area (Å²) in [7, 11) is -4.20. The topological polar surface area (TPSA) is 122 Å². The first-order chi connectivity index (χ1) is 17.7. The molecule has 2 heterocycles. The van der Waals surface area contributed by atoms with Crippen molar-refractivity contribution in [1.82, 2.24) is 10.0 Å². The summed E-state index contributed by atoms with van der Waals surface area (Å²) in [6.07, 6.45) is 0.772. The van der Waals surface area contributed by atoms with Gasteiger partial charge in [0.2, 0.25) is 5.91 Å². The molecule has 37 heavy (non-hydrogen) atoms. The maximum Gasteiger partial charge on any atom is 0.325 e. The average Bonchev–Trinajstić information content (AvgIpc) is 3.29. The van der Waals surface area contributed by atoms with Crippen molar-refractivity contribution in [1.29, 1.82) is 0 Å². The van der Waals surface area contributed by atoms with Gasteiger partial charge in [-0.25, -0.2) is 8.42 Å². The first-order valence-electron chi connectivity index (χ1n) is 11.7. The van der Waals surface area contributed by atoms with E-state index < -0.39 is 33.1 Å². The number of carboxylic acids is 1. The fourth-order valence-electron chi connectivity index (χ4n) is 4.94. The molecule has 1 aromatic heterocycles. The van der Waals surface area contributed by atoms with E-state index in [1.165, 1.54) is 6.07 Å². The second-order valence-corrected chi connectivity index (χ2v) is 12.7. The van der Waals surface area contributed by atoms with Crippen LogP contribution in [-0.2, 0) is 29.8 Å². The molecule has 1 saturated heterocycles. The van der Waals surface area contributed by atoms with Gasteiger partial charge in [-0.3, -0.25) is 9.59 Å². The lowest BCUT2D eigenvalue weighted by atomic mass is 9.90. The van der Waals surface area contributed by atoms with Crippen LogP contribution in [0.4, 0.5) is 0 Å². The van der Waals surface area contributed by atoms with Gasteiger partial charge in [0.25, 0.3) is 10.0 Å². The number of benzene rings is 2. The number of halogens is 1. The Hall–Kier alpha value is -2.76. The molecule has 8 nitrogen and oxygen atoms in total. The van der Waals surface area contributed by atoms with E-state index in [2.05, 4.69) is 10.0 Å². The lowest BCUT2D eigenvalue weighted by Crippen LogP contribution is -2.52. The lowest BCUT2D eigenvalue weighted by molar-refractivity contribution is -0.141. The van der Waals surface area contributed by atoms with Crippen LogP contribution >= 0.6 is 22.9 Å². The normalized spacial score (nSPS) is 25.1. The van der Waals surface area contributed by atoms with Gasteiger partial charge < -0.3 is 15.2 Å². The highest BCUT2D eigenvalue weighted by Gasteiger charge is 2.75. The molecule has 2 fully saturated rings. The van der Waals surface area contributed by atoms with Crippen LogP contribution in [0.2, 0.25) is 5.02 Å². The van der Waals surface area contributed by atoms with E-state index in [0.717, 1.165) is 23.3 Å². The van der Waals surface area contributed by atoms with Gasteiger partial charge >= 0.3 is 5.97 Å². The third-order valence-corrected chi connectivity index (χ3v) is 10.4. The standard InChI is InChI=1S/C26H25ClN2O6S2/c27-19-10-8-17(9-11-19)21-12-13-22(36-21)37(33,34)29-26(24(31)32)15-25(26,18-5-2-1-3-6-18)16-28-23(30)20-7-4-14-35-20/h1-3,5-6,8-13,20,29H,4,7,14-16H2,(H,28,30)(H,31,32)/t20-,25+,26?/m0/s1. The summed E-state index contributed by atoms with van der Waals surface area (Å²) in [6, 6.07) is 18.9. The zero-order valence-electron chi connectivity index (χ0n) is 19.6. The summed E-state index contributed by atoms with van der Waals surface area (Å²) in [6.45, 7) is 0.449. The number of hydrogen-bond acceptors (Lipinski definition) is 6. The molecule has 1 unspecified atom stereocenters. The van der Waals surface area contributed by atoms with Crippen LogP contribution in [0.15, 0.2) is 70.9 Å². The average molecular weight is 561 g/mol. The Morgan fingerprint density at radius 1 is 1.08 bits per heavy atom. The quantitative estimate of drug-likeness (QED) is 0.366. The van der Waals surface area contributed by atoms with Gasteiger partial charge in [0.1, 0.15) is 15.9 Å². The molecule has 0 bridgehead atoms. The number of aliphatic carboxylic acids is 1. The Morgan fingerprint density at radius 2 is 1.81 bits per heavy atom. The number of carbonyl (C=O) groups excluding carboxylic acids is 1. The molecule has 5 rings (SSSR count). The van der Waals surface area contributed by atoms with Gasteiger partial charge in [0.05, 0.1) is 0 Å². The van der Waals surface area contributed by atoms with Gasteiger partial charge in [0, 0.05) is 28.5 Å². The molecule has 194 valence electrons. The number of thiophene rings is 1. The Kier molecular flexibility index (Phi) is 6.88.